The number of amides is 2. The second-order valence-corrected chi connectivity index (χ2v) is 8.20. The van der Waals surface area contributed by atoms with Crippen molar-refractivity contribution in [2.24, 2.45) is 0 Å². The Morgan fingerprint density at radius 1 is 1.14 bits per heavy atom. The van der Waals surface area contributed by atoms with E-state index in [1.54, 1.807) is 26.0 Å². The SMILES string of the molecule is C=C(C)OC(=O)NCCNC(=O)CN(C)S(=O)(=O)c1c(C)cc(OC)cc1C. The number of sulfonamides is 1. The van der Waals surface area contributed by atoms with Crippen molar-refractivity contribution in [2.45, 2.75) is 25.7 Å². The summed E-state index contributed by atoms with van der Waals surface area (Å²) in [4.78, 5) is 23.4. The molecule has 1 aromatic carbocycles. The maximum atomic E-state index is 12.9. The van der Waals surface area contributed by atoms with E-state index in [4.69, 9.17) is 9.47 Å². The molecule has 9 nitrogen and oxygen atoms in total. The molecule has 0 aliphatic heterocycles. The number of ether oxygens (including phenoxy) is 2. The molecular formula is C18H27N3O6S. The standard InChI is InChI=1S/C18H27N3O6S/c1-12(2)27-18(23)20-8-7-19-16(22)11-21(5)28(24,25)17-13(3)9-15(26-6)10-14(17)4/h9-10H,1,7-8,11H2,2-6H3,(H,19,22)(H,20,23). The summed E-state index contributed by atoms with van der Waals surface area (Å²) in [6, 6.07) is 3.26. The van der Waals surface area contributed by atoms with Crippen LogP contribution in [0.3, 0.4) is 0 Å². The third kappa shape index (κ3) is 6.54. The molecule has 28 heavy (non-hydrogen) atoms. The number of nitrogens with zero attached hydrogens (tertiary/aromatic N) is 1. The fourth-order valence-corrected chi connectivity index (χ4v) is 4.03. The van der Waals surface area contributed by atoms with Gasteiger partial charge in [-0.25, -0.2) is 13.2 Å². The first-order valence-corrected chi connectivity index (χ1v) is 9.92. The fraction of sp³-hybridized carbons (Fsp3) is 0.444. The monoisotopic (exact) mass is 413 g/mol. The minimum Gasteiger partial charge on any atom is -0.497 e. The highest BCUT2D eigenvalue weighted by Crippen LogP contribution is 2.27. The van der Waals surface area contributed by atoms with Crippen LogP contribution in [0.15, 0.2) is 29.4 Å². The van der Waals surface area contributed by atoms with Gasteiger partial charge in [-0.05, 0) is 44.0 Å². The number of nitrogens with one attached hydrogen (secondary N) is 2. The minimum atomic E-state index is -3.86. The molecule has 0 bridgehead atoms. The van der Waals surface area contributed by atoms with Crippen LogP contribution in [-0.4, -0.2) is 58.5 Å². The van der Waals surface area contributed by atoms with Crippen LogP contribution in [0.2, 0.25) is 0 Å². The average molecular weight is 413 g/mol. The van der Waals surface area contributed by atoms with Crippen molar-refractivity contribution >= 4 is 22.0 Å². The summed E-state index contributed by atoms with van der Waals surface area (Å²) in [5.41, 5.74) is 1.06. The molecule has 0 fully saturated rings. The predicted octanol–water partition coefficient (Wildman–Crippen LogP) is 1.31. The molecule has 1 aromatic rings. The van der Waals surface area contributed by atoms with Crippen molar-refractivity contribution < 1.29 is 27.5 Å². The number of carbonyl (C=O) groups excluding carboxylic acids is 2. The van der Waals surface area contributed by atoms with Gasteiger partial charge in [0, 0.05) is 20.1 Å². The van der Waals surface area contributed by atoms with Crippen LogP contribution in [0.1, 0.15) is 18.1 Å². The van der Waals surface area contributed by atoms with Crippen LogP contribution in [0.4, 0.5) is 4.79 Å². The van der Waals surface area contributed by atoms with Gasteiger partial charge in [-0.2, -0.15) is 4.31 Å². The predicted molar refractivity (Wildman–Crippen MR) is 105 cm³/mol. The molecular weight excluding hydrogens is 386 g/mol. The average Bonchev–Trinajstić information content (AvgIpc) is 2.57. The summed E-state index contributed by atoms with van der Waals surface area (Å²) in [6.07, 6.45) is -0.674. The van der Waals surface area contributed by atoms with Gasteiger partial charge in [0.2, 0.25) is 15.9 Å². The second kappa shape index (κ2) is 10.1. The Labute approximate surface area is 165 Å². The van der Waals surface area contributed by atoms with Crippen molar-refractivity contribution in [2.75, 3.05) is 33.8 Å². The number of carbonyl (C=O) groups is 2. The van der Waals surface area contributed by atoms with Crippen LogP contribution in [0, 0.1) is 13.8 Å². The first-order valence-electron chi connectivity index (χ1n) is 8.48. The van der Waals surface area contributed by atoms with Crippen molar-refractivity contribution in [3.05, 3.63) is 35.6 Å². The van der Waals surface area contributed by atoms with E-state index in [9.17, 15) is 18.0 Å². The molecule has 0 unspecified atom stereocenters. The zero-order chi connectivity index (χ0) is 21.5. The molecule has 0 saturated heterocycles. The zero-order valence-electron chi connectivity index (χ0n) is 16.8. The summed E-state index contributed by atoms with van der Waals surface area (Å²) >= 11 is 0. The lowest BCUT2D eigenvalue weighted by atomic mass is 10.1. The quantitative estimate of drug-likeness (QED) is 0.466. The number of methoxy groups -OCH3 is 1. The molecule has 0 saturated carbocycles. The first kappa shape index (κ1) is 23.4. The van der Waals surface area contributed by atoms with Crippen molar-refractivity contribution in [1.29, 1.82) is 0 Å². The number of aryl methyl sites for hydroxylation is 2. The smallest absolute Gasteiger partial charge is 0.412 e. The highest BCUT2D eigenvalue weighted by atomic mass is 32.2. The van der Waals surface area contributed by atoms with E-state index in [0.717, 1.165) is 4.31 Å². The van der Waals surface area contributed by atoms with Crippen molar-refractivity contribution in [3.8, 4) is 5.75 Å². The normalized spacial score (nSPS) is 11.1. The van der Waals surface area contributed by atoms with E-state index in [-0.39, 0.29) is 30.3 Å². The Morgan fingerprint density at radius 2 is 1.68 bits per heavy atom. The highest BCUT2D eigenvalue weighted by molar-refractivity contribution is 7.89. The lowest BCUT2D eigenvalue weighted by Gasteiger charge is -2.20. The van der Waals surface area contributed by atoms with Gasteiger partial charge in [0.15, 0.2) is 0 Å². The summed E-state index contributed by atoms with van der Waals surface area (Å²) in [5.74, 6) is 0.314. The fourth-order valence-electron chi connectivity index (χ4n) is 2.50. The largest absolute Gasteiger partial charge is 0.497 e. The zero-order valence-corrected chi connectivity index (χ0v) is 17.6. The molecule has 0 spiro atoms. The first-order chi connectivity index (χ1) is 13.0. The van der Waals surface area contributed by atoms with Crippen LogP contribution in [-0.2, 0) is 19.6 Å². The maximum absolute atomic E-state index is 12.9. The molecule has 0 heterocycles. The summed E-state index contributed by atoms with van der Waals surface area (Å²) < 4.78 is 36.5. The van der Waals surface area contributed by atoms with Gasteiger partial charge < -0.3 is 20.1 Å². The van der Waals surface area contributed by atoms with Crippen LogP contribution in [0.5, 0.6) is 5.75 Å². The van der Waals surface area contributed by atoms with Gasteiger partial charge in [-0.15, -0.1) is 0 Å². The molecule has 156 valence electrons. The summed E-state index contributed by atoms with van der Waals surface area (Å²) in [5, 5.41) is 4.96. The van der Waals surface area contributed by atoms with Gasteiger partial charge in [-0.3, -0.25) is 4.79 Å². The Balaban J connectivity index is 2.66. The lowest BCUT2D eigenvalue weighted by molar-refractivity contribution is -0.121. The Bertz CT molecular complexity index is 828. The van der Waals surface area contributed by atoms with E-state index in [1.165, 1.54) is 21.1 Å². The van der Waals surface area contributed by atoms with E-state index in [1.807, 2.05) is 0 Å². The third-order valence-corrected chi connectivity index (χ3v) is 5.80. The van der Waals surface area contributed by atoms with E-state index < -0.39 is 22.0 Å². The molecule has 0 aliphatic rings. The second-order valence-electron chi connectivity index (χ2n) is 6.22. The van der Waals surface area contributed by atoms with Gasteiger partial charge in [-0.1, -0.05) is 6.58 Å². The van der Waals surface area contributed by atoms with E-state index >= 15 is 0 Å². The summed E-state index contributed by atoms with van der Waals surface area (Å²) in [6.45, 7) is 8.20. The Morgan fingerprint density at radius 3 is 2.18 bits per heavy atom. The van der Waals surface area contributed by atoms with Crippen molar-refractivity contribution in [3.63, 3.8) is 0 Å². The number of allylic oxidation sites excluding steroid dienone is 1. The number of alkyl carbamates (subject to hydrolysis) is 1. The molecule has 0 aliphatic carbocycles. The van der Waals surface area contributed by atoms with Gasteiger partial charge >= 0.3 is 6.09 Å². The molecule has 0 aromatic heterocycles. The highest BCUT2D eigenvalue weighted by Gasteiger charge is 2.27. The van der Waals surface area contributed by atoms with E-state index in [0.29, 0.717) is 16.9 Å². The molecule has 10 heteroatoms. The summed E-state index contributed by atoms with van der Waals surface area (Å²) in [7, 11) is -1.02. The van der Waals surface area contributed by atoms with Crippen LogP contribution >= 0.6 is 0 Å². The van der Waals surface area contributed by atoms with Gasteiger partial charge in [0.1, 0.15) is 5.75 Å². The molecule has 0 radical (unpaired) electrons. The number of hydrogen-bond acceptors (Lipinski definition) is 6. The topological polar surface area (TPSA) is 114 Å². The number of hydrogen-bond donors (Lipinski definition) is 2. The van der Waals surface area contributed by atoms with Gasteiger partial charge in [0.25, 0.3) is 0 Å². The van der Waals surface area contributed by atoms with Crippen LogP contribution < -0.4 is 15.4 Å². The van der Waals surface area contributed by atoms with E-state index in [2.05, 4.69) is 17.2 Å². The lowest BCUT2D eigenvalue weighted by Crippen LogP contribution is -2.41. The molecule has 0 atom stereocenters. The number of rotatable bonds is 9. The van der Waals surface area contributed by atoms with Crippen molar-refractivity contribution in [1.82, 2.24) is 14.9 Å². The Hall–Kier alpha value is -2.59. The third-order valence-electron chi connectivity index (χ3n) is 3.69. The van der Waals surface area contributed by atoms with Gasteiger partial charge in [0.05, 0.1) is 24.3 Å². The molecule has 2 amide bonds. The minimum absolute atomic E-state index is 0.124. The number of likely N-dealkylation sites (N-methyl/N-ethyl adjacent to an activating group) is 1. The molecule has 2 N–H and O–H groups in total. The van der Waals surface area contributed by atoms with Crippen LogP contribution in [0.25, 0.3) is 0 Å². The Kier molecular flexibility index (Phi) is 8.45. The maximum Gasteiger partial charge on any atom is 0.412 e. The number of benzene rings is 1. The molecule has 1 rings (SSSR count).